The van der Waals surface area contributed by atoms with Gasteiger partial charge in [-0.25, -0.2) is 9.97 Å². The molecule has 0 atom stereocenters. The molecular weight excluding hydrogens is 376 g/mol. The van der Waals surface area contributed by atoms with Gasteiger partial charge in [0.2, 0.25) is 0 Å². The largest absolute Gasteiger partial charge is 0.481 e. The van der Waals surface area contributed by atoms with Gasteiger partial charge in [0.1, 0.15) is 17.9 Å². The monoisotopic (exact) mass is 398 g/mol. The zero-order valence-corrected chi connectivity index (χ0v) is 17.0. The fourth-order valence-electron chi connectivity index (χ4n) is 3.35. The average molecular weight is 398 g/mol. The minimum absolute atomic E-state index is 0.178. The standard InChI is InChI=1S/C24H22N4O2/c1-4-13-30-17-9-10-18-16(14-17)15-19(24(29)25-11-12-28(2)3)23-22(18)26-20-7-5-6-8-21(20)27-23/h1,5-10,14-15H,11-13H2,2-3H3,(H,25,29). The van der Waals surface area contributed by atoms with Crippen molar-refractivity contribution in [2.45, 2.75) is 0 Å². The molecule has 150 valence electrons. The van der Waals surface area contributed by atoms with Crippen molar-refractivity contribution in [2.75, 3.05) is 33.8 Å². The fourth-order valence-corrected chi connectivity index (χ4v) is 3.35. The van der Waals surface area contributed by atoms with E-state index < -0.39 is 0 Å². The van der Waals surface area contributed by atoms with Crippen LogP contribution in [0.25, 0.3) is 32.8 Å². The number of terminal acetylenes is 1. The Morgan fingerprint density at radius 2 is 1.83 bits per heavy atom. The van der Waals surface area contributed by atoms with E-state index in [2.05, 4.69) is 11.2 Å². The number of para-hydroxylation sites is 2. The number of nitrogens with zero attached hydrogens (tertiary/aromatic N) is 3. The van der Waals surface area contributed by atoms with Crippen molar-refractivity contribution in [3.05, 3.63) is 54.1 Å². The molecule has 0 aliphatic rings. The summed E-state index contributed by atoms with van der Waals surface area (Å²) in [6, 6.07) is 15.2. The number of carbonyl (C=O) groups excluding carboxylic acids is 1. The smallest absolute Gasteiger partial charge is 0.253 e. The van der Waals surface area contributed by atoms with Gasteiger partial charge in [-0.2, -0.15) is 0 Å². The Morgan fingerprint density at radius 3 is 2.53 bits per heavy atom. The Bertz CT molecular complexity index is 1290. The Hall–Kier alpha value is -3.69. The number of benzene rings is 3. The van der Waals surface area contributed by atoms with Gasteiger partial charge in [0.25, 0.3) is 5.91 Å². The van der Waals surface area contributed by atoms with E-state index in [0.29, 0.717) is 28.9 Å². The molecule has 1 heterocycles. The molecule has 6 nitrogen and oxygen atoms in total. The van der Waals surface area contributed by atoms with Crippen molar-refractivity contribution in [1.29, 1.82) is 0 Å². The van der Waals surface area contributed by atoms with Crippen molar-refractivity contribution >= 4 is 38.7 Å². The predicted molar refractivity (Wildman–Crippen MR) is 120 cm³/mol. The third-order valence-electron chi connectivity index (χ3n) is 4.82. The number of amides is 1. The van der Waals surface area contributed by atoms with Crippen LogP contribution in [0.4, 0.5) is 0 Å². The van der Waals surface area contributed by atoms with Gasteiger partial charge in [0.05, 0.1) is 22.1 Å². The van der Waals surface area contributed by atoms with Gasteiger partial charge in [-0.05, 0) is 55.9 Å². The molecule has 6 heteroatoms. The predicted octanol–water partition coefficient (Wildman–Crippen LogP) is 3.24. The summed E-state index contributed by atoms with van der Waals surface area (Å²) in [5.74, 6) is 2.93. The lowest BCUT2D eigenvalue weighted by Gasteiger charge is -2.13. The number of ether oxygens (including phenoxy) is 1. The lowest BCUT2D eigenvalue weighted by Crippen LogP contribution is -2.31. The first-order valence-electron chi connectivity index (χ1n) is 9.69. The summed E-state index contributed by atoms with van der Waals surface area (Å²) in [5, 5.41) is 4.73. The second-order valence-electron chi connectivity index (χ2n) is 7.27. The molecule has 0 aliphatic heterocycles. The normalized spacial score (nSPS) is 11.1. The summed E-state index contributed by atoms with van der Waals surface area (Å²) < 4.78 is 5.56. The molecule has 4 aromatic rings. The van der Waals surface area contributed by atoms with Crippen molar-refractivity contribution in [2.24, 2.45) is 0 Å². The average Bonchev–Trinajstić information content (AvgIpc) is 2.75. The zero-order valence-electron chi connectivity index (χ0n) is 17.0. The first-order chi connectivity index (χ1) is 14.6. The van der Waals surface area contributed by atoms with E-state index in [1.54, 1.807) is 0 Å². The van der Waals surface area contributed by atoms with Crippen LogP contribution >= 0.6 is 0 Å². The zero-order chi connectivity index (χ0) is 21.1. The maximum Gasteiger partial charge on any atom is 0.253 e. The van der Waals surface area contributed by atoms with Gasteiger partial charge in [0.15, 0.2) is 0 Å². The van der Waals surface area contributed by atoms with Gasteiger partial charge in [0, 0.05) is 18.5 Å². The molecule has 1 aromatic heterocycles. The quantitative estimate of drug-likeness (QED) is 0.307. The minimum atomic E-state index is -0.178. The van der Waals surface area contributed by atoms with Gasteiger partial charge in [-0.15, -0.1) is 6.42 Å². The number of hydrogen-bond acceptors (Lipinski definition) is 5. The SMILES string of the molecule is C#CCOc1ccc2c(c1)cc(C(=O)NCCN(C)C)c1nc3ccccc3nc12. The maximum atomic E-state index is 13.0. The van der Waals surface area contributed by atoms with Gasteiger partial charge < -0.3 is 15.0 Å². The van der Waals surface area contributed by atoms with Crippen molar-refractivity contribution in [3.63, 3.8) is 0 Å². The molecule has 0 saturated carbocycles. The Labute approximate surface area is 174 Å². The third-order valence-corrected chi connectivity index (χ3v) is 4.82. The first kappa shape index (κ1) is 19.6. The lowest BCUT2D eigenvalue weighted by molar-refractivity contribution is 0.0952. The van der Waals surface area contributed by atoms with Gasteiger partial charge in [-0.1, -0.05) is 18.1 Å². The van der Waals surface area contributed by atoms with Crippen molar-refractivity contribution in [1.82, 2.24) is 20.2 Å². The van der Waals surface area contributed by atoms with E-state index in [9.17, 15) is 4.79 Å². The molecule has 1 N–H and O–H groups in total. The molecule has 0 unspecified atom stereocenters. The Morgan fingerprint density at radius 1 is 1.10 bits per heavy atom. The van der Waals surface area contributed by atoms with Crippen molar-refractivity contribution in [3.8, 4) is 18.1 Å². The molecular formula is C24H22N4O2. The van der Waals surface area contributed by atoms with Crippen LogP contribution in [0.3, 0.4) is 0 Å². The van der Waals surface area contributed by atoms with E-state index in [-0.39, 0.29) is 12.5 Å². The molecule has 0 aliphatic carbocycles. The molecule has 0 saturated heterocycles. The van der Waals surface area contributed by atoms with Crippen LogP contribution in [-0.2, 0) is 0 Å². The molecule has 0 fully saturated rings. The third kappa shape index (κ3) is 3.88. The molecule has 0 radical (unpaired) electrons. The Kier molecular flexibility index (Phi) is 5.46. The highest BCUT2D eigenvalue weighted by molar-refractivity contribution is 6.15. The summed E-state index contributed by atoms with van der Waals surface area (Å²) in [6.07, 6.45) is 5.30. The van der Waals surface area contributed by atoms with Crippen molar-refractivity contribution < 1.29 is 9.53 Å². The molecule has 0 spiro atoms. The molecule has 3 aromatic carbocycles. The Balaban J connectivity index is 1.90. The highest BCUT2D eigenvalue weighted by Gasteiger charge is 2.17. The maximum absolute atomic E-state index is 13.0. The van der Waals surface area contributed by atoms with E-state index in [1.807, 2.05) is 67.5 Å². The topological polar surface area (TPSA) is 67.3 Å². The van der Waals surface area contributed by atoms with Crippen LogP contribution < -0.4 is 10.1 Å². The second kappa shape index (κ2) is 8.36. The van der Waals surface area contributed by atoms with Crippen LogP contribution in [0, 0.1) is 12.3 Å². The minimum Gasteiger partial charge on any atom is -0.481 e. The number of hydrogen-bond donors (Lipinski definition) is 1. The van der Waals surface area contributed by atoms with E-state index in [1.165, 1.54) is 0 Å². The molecule has 0 bridgehead atoms. The molecule has 30 heavy (non-hydrogen) atoms. The number of fused-ring (bicyclic) bond motifs is 4. The summed E-state index contributed by atoms with van der Waals surface area (Å²) in [5.41, 5.74) is 3.29. The molecule has 4 rings (SSSR count). The highest BCUT2D eigenvalue weighted by atomic mass is 16.5. The van der Waals surface area contributed by atoms with Crippen LogP contribution in [0.1, 0.15) is 10.4 Å². The first-order valence-corrected chi connectivity index (χ1v) is 9.69. The summed E-state index contributed by atoms with van der Waals surface area (Å²) in [4.78, 5) is 24.6. The lowest BCUT2D eigenvalue weighted by atomic mass is 10.0. The number of rotatable bonds is 6. The highest BCUT2D eigenvalue weighted by Crippen LogP contribution is 2.30. The number of carbonyl (C=O) groups is 1. The summed E-state index contributed by atoms with van der Waals surface area (Å²) >= 11 is 0. The van der Waals surface area contributed by atoms with Crippen LogP contribution in [0.2, 0.25) is 0 Å². The van der Waals surface area contributed by atoms with E-state index in [4.69, 9.17) is 21.1 Å². The number of likely N-dealkylation sites (N-methyl/N-ethyl adjacent to an activating group) is 1. The summed E-state index contributed by atoms with van der Waals surface area (Å²) in [6.45, 7) is 1.47. The van der Waals surface area contributed by atoms with E-state index >= 15 is 0 Å². The van der Waals surface area contributed by atoms with Crippen LogP contribution in [-0.4, -0.2) is 54.6 Å². The van der Waals surface area contributed by atoms with Crippen LogP contribution in [0.5, 0.6) is 5.75 Å². The van der Waals surface area contributed by atoms with Gasteiger partial charge >= 0.3 is 0 Å². The van der Waals surface area contributed by atoms with E-state index in [0.717, 1.165) is 28.4 Å². The fraction of sp³-hybridized carbons (Fsp3) is 0.208. The van der Waals surface area contributed by atoms with Gasteiger partial charge in [-0.3, -0.25) is 4.79 Å². The second-order valence-corrected chi connectivity index (χ2v) is 7.27. The number of aromatic nitrogens is 2. The van der Waals surface area contributed by atoms with Crippen LogP contribution in [0.15, 0.2) is 48.5 Å². The summed E-state index contributed by atoms with van der Waals surface area (Å²) in [7, 11) is 3.93. The molecule has 1 amide bonds. The number of nitrogens with one attached hydrogen (secondary N) is 1.